The summed E-state index contributed by atoms with van der Waals surface area (Å²) in [5.41, 5.74) is 3.37. The molecule has 0 radical (unpaired) electrons. The summed E-state index contributed by atoms with van der Waals surface area (Å²) in [5.74, 6) is -0.755. The van der Waals surface area contributed by atoms with E-state index in [0.29, 0.717) is 22.0 Å². The molecule has 1 aliphatic heterocycles. The zero-order valence-electron chi connectivity index (χ0n) is 20.4. The van der Waals surface area contributed by atoms with Gasteiger partial charge in [0.15, 0.2) is 5.49 Å². The predicted octanol–water partition coefficient (Wildman–Crippen LogP) is 2.39. The summed E-state index contributed by atoms with van der Waals surface area (Å²) in [6.45, 7) is 3.48. The van der Waals surface area contributed by atoms with Gasteiger partial charge in [-0.1, -0.05) is 30.3 Å². The molecule has 1 amide bonds. The zero-order chi connectivity index (χ0) is 26.3. The van der Waals surface area contributed by atoms with Crippen molar-refractivity contribution >= 4 is 34.5 Å². The fourth-order valence-corrected chi connectivity index (χ4v) is 4.57. The average molecular weight is 501 g/mol. The number of aromatic amines is 1. The van der Waals surface area contributed by atoms with E-state index in [0.717, 1.165) is 22.0 Å². The first-order chi connectivity index (χ1) is 17.8. The van der Waals surface area contributed by atoms with Crippen LogP contribution in [0.2, 0.25) is 0 Å². The first-order valence-corrected chi connectivity index (χ1v) is 11.5. The molecule has 10 heteroatoms. The summed E-state index contributed by atoms with van der Waals surface area (Å²) in [6, 6.07) is 13.8. The van der Waals surface area contributed by atoms with Crippen LogP contribution in [0.15, 0.2) is 64.6 Å². The van der Waals surface area contributed by atoms with Crippen molar-refractivity contribution in [1.29, 1.82) is 0 Å². The lowest BCUT2D eigenvalue weighted by molar-refractivity contribution is -0.253. The van der Waals surface area contributed by atoms with Crippen molar-refractivity contribution in [1.82, 2.24) is 9.55 Å². The van der Waals surface area contributed by atoms with Gasteiger partial charge in [-0.15, -0.1) is 5.10 Å². The lowest BCUT2D eigenvalue weighted by Gasteiger charge is -2.12. The number of amides is 1. The van der Waals surface area contributed by atoms with Crippen molar-refractivity contribution < 1.29 is 24.5 Å². The number of para-hydroxylation sites is 1. The Bertz CT molecular complexity index is 1720. The van der Waals surface area contributed by atoms with Crippen molar-refractivity contribution in [2.24, 2.45) is 5.10 Å². The Labute approximate surface area is 210 Å². The number of nitrogens with zero attached hydrogens (tertiary/aromatic N) is 3. The average Bonchev–Trinajstić information content (AvgIpc) is 3.43. The van der Waals surface area contributed by atoms with Crippen LogP contribution in [0.4, 0.5) is 5.69 Å². The number of nitrogens with one attached hydrogen (secondary N) is 1. The maximum absolute atomic E-state index is 13.3. The molecule has 0 bridgehead atoms. The minimum absolute atomic E-state index is 0.0199. The number of hydrogen-bond acceptors (Lipinski definition) is 7. The van der Waals surface area contributed by atoms with E-state index in [1.807, 2.05) is 24.3 Å². The molecule has 2 aromatic heterocycles. The molecular weight excluding hydrogens is 476 g/mol. The van der Waals surface area contributed by atoms with Gasteiger partial charge in [0.05, 0.1) is 18.4 Å². The number of anilines is 1. The van der Waals surface area contributed by atoms with E-state index < -0.39 is 6.04 Å². The molecule has 4 aromatic rings. The predicted molar refractivity (Wildman–Crippen MR) is 135 cm³/mol. The summed E-state index contributed by atoms with van der Waals surface area (Å²) in [6.07, 6.45) is 3.52. The Morgan fingerprint density at radius 1 is 1.16 bits per heavy atom. The monoisotopic (exact) mass is 500 g/mol. The Morgan fingerprint density at radius 2 is 1.89 bits per heavy atom. The van der Waals surface area contributed by atoms with Crippen LogP contribution in [0.1, 0.15) is 40.0 Å². The second-order valence-electron chi connectivity index (χ2n) is 8.73. The summed E-state index contributed by atoms with van der Waals surface area (Å²) < 4.78 is 6.72. The smallest absolute Gasteiger partial charge is 0.328 e. The standard InChI is InChI=1S/C27H24N4O6/c1-15-21(12-18-13-30(16(2)27(34)36-3)22-7-5-4-6-20(18)22)25(32)28-24-23(15)26(33)31(29-24)19-10-8-17(9-11-19)14-37-35/h4-13,16,35H,14H2,1-3H3,(H,28,29,32)/b21-12-. The molecule has 2 aromatic carbocycles. The minimum Gasteiger partial charge on any atom is -0.467 e. The highest BCUT2D eigenvalue weighted by Gasteiger charge is 2.28. The number of ether oxygens (including phenoxy) is 1. The first-order valence-electron chi connectivity index (χ1n) is 11.5. The van der Waals surface area contributed by atoms with E-state index in [1.54, 1.807) is 55.0 Å². The van der Waals surface area contributed by atoms with Crippen molar-refractivity contribution in [3.8, 4) is 0 Å². The van der Waals surface area contributed by atoms with Gasteiger partial charge < -0.3 is 14.3 Å². The number of fused-ring (bicyclic) bond motifs is 2. The molecule has 1 unspecified atom stereocenters. The van der Waals surface area contributed by atoms with Crippen LogP contribution in [-0.4, -0.2) is 33.8 Å². The molecule has 0 fully saturated rings. The van der Waals surface area contributed by atoms with Gasteiger partial charge in [0.25, 0.3) is 11.5 Å². The van der Waals surface area contributed by atoms with Crippen LogP contribution in [0.5, 0.6) is 0 Å². The number of hydrogen-bond donors (Lipinski definition) is 2. The van der Waals surface area contributed by atoms with Gasteiger partial charge in [0, 0.05) is 27.9 Å². The number of rotatable bonds is 6. The molecule has 37 heavy (non-hydrogen) atoms. The number of carbonyl (C=O) groups excluding carboxylic acids is 2. The maximum atomic E-state index is 13.3. The third kappa shape index (κ3) is 4.11. The summed E-state index contributed by atoms with van der Waals surface area (Å²) in [4.78, 5) is 45.5. The quantitative estimate of drug-likeness (QED) is 0.238. The molecule has 0 saturated heterocycles. The van der Waals surface area contributed by atoms with Crippen LogP contribution in [0.3, 0.4) is 0 Å². The highest BCUT2D eigenvalue weighted by atomic mass is 17.1. The first kappa shape index (κ1) is 24.2. The molecule has 1 atom stereocenters. The Hall–Kier alpha value is -4.54. The molecule has 1 aliphatic rings. The number of aromatic nitrogens is 2. The lowest BCUT2D eigenvalue weighted by atomic mass is 10.1. The van der Waals surface area contributed by atoms with Gasteiger partial charge in [-0.3, -0.25) is 14.8 Å². The highest BCUT2D eigenvalue weighted by molar-refractivity contribution is 6.08. The van der Waals surface area contributed by atoms with Gasteiger partial charge >= 0.3 is 5.97 Å². The van der Waals surface area contributed by atoms with E-state index in [9.17, 15) is 14.4 Å². The molecule has 188 valence electrons. The normalized spacial score (nSPS) is 14.1. The van der Waals surface area contributed by atoms with Crippen molar-refractivity contribution in [3.05, 3.63) is 98.0 Å². The zero-order valence-corrected chi connectivity index (χ0v) is 20.4. The summed E-state index contributed by atoms with van der Waals surface area (Å²) >= 11 is 0. The topological polar surface area (TPSA) is 126 Å². The fourth-order valence-electron chi connectivity index (χ4n) is 4.57. The third-order valence-electron chi connectivity index (χ3n) is 6.54. The van der Waals surface area contributed by atoms with Crippen LogP contribution in [-0.2, 0) is 21.0 Å². The van der Waals surface area contributed by atoms with Crippen molar-refractivity contribution in [2.75, 3.05) is 12.1 Å². The van der Waals surface area contributed by atoms with Gasteiger partial charge in [-0.05, 0) is 49.2 Å². The Balaban J connectivity index is 1.61. The molecule has 10 nitrogen and oxygen atoms in total. The Kier molecular flexibility index (Phi) is 6.20. The van der Waals surface area contributed by atoms with E-state index in [-0.39, 0.29) is 29.5 Å². The molecule has 0 saturated carbocycles. The number of esters is 1. The van der Waals surface area contributed by atoms with Crippen LogP contribution >= 0.6 is 0 Å². The van der Waals surface area contributed by atoms with E-state index >= 15 is 0 Å². The van der Waals surface area contributed by atoms with Gasteiger partial charge in [-0.25, -0.2) is 9.68 Å². The third-order valence-corrected chi connectivity index (χ3v) is 6.54. The number of carbonyl (C=O) groups is 2. The largest absolute Gasteiger partial charge is 0.467 e. The molecule has 5 rings (SSSR count). The maximum Gasteiger partial charge on any atom is 0.328 e. The van der Waals surface area contributed by atoms with E-state index in [4.69, 9.17) is 9.99 Å². The molecule has 0 aliphatic carbocycles. The second-order valence-corrected chi connectivity index (χ2v) is 8.73. The van der Waals surface area contributed by atoms with Gasteiger partial charge in [0.2, 0.25) is 0 Å². The van der Waals surface area contributed by atoms with Gasteiger partial charge in [-0.2, -0.15) is 5.01 Å². The molecular formula is C27H24N4O6. The molecule has 3 heterocycles. The second kappa shape index (κ2) is 9.49. The van der Waals surface area contributed by atoms with Gasteiger partial charge in [0.1, 0.15) is 12.6 Å². The number of methoxy groups -OCH3 is 1. The van der Waals surface area contributed by atoms with Crippen molar-refractivity contribution in [3.63, 3.8) is 0 Å². The minimum atomic E-state index is -0.569. The lowest BCUT2D eigenvalue weighted by Crippen LogP contribution is -2.38. The van der Waals surface area contributed by atoms with E-state index in [1.165, 1.54) is 12.1 Å². The SMILES string of the molecule is COC(=O)C(C)n1cc(/C=c2/c(C)c3c([nH]c2=O)=NN(c2ccc(COO)cc2)C3=O)c2ccccc21. The molecule has 0 spiro atoms. The number of benzene rings is 2. The van der Waals surface area contributed by atoms with Crippen LogP contribution in [0, 0.1) is 6.92 Å². The van der Waals surface area contributed by atoms with Crippen molar-refractivity contribution in [2.45, 2.75) is 26.5 Å². The summed E-state index contributed by atoms with van der Waals surface area (Å²) in [5, 5.41) is 15.4. The molecule has 2 N–H and O–H groups in total. The van der Waals surface area contributed by atoms with E-state index in [2.05, 4.69) is 15.0 Å². The Morgan fingerprint density at radius 3 is 2.59 bits per heavy atom. The van der Waals surface area contributed by atoms with Crippen LogP contribution in [0.25, 0.3) is 17.0 Å². The summed E-state index contributed by atoms with van der Waals surface area (Å²) in [7, 11) is 1.34. The fraction of sp³-hybridized carbons (Fsp3) is 0.185. The van der Waals surface area contributed by atoms with Crippen LogP contribution < -0.4 is 21.3 Å². The highest BCUT2D eigenvalue weighted by Crippen LogP contribution is 2.26. The number of pyridine rings is 1. The number of H-pyrrole nitrogens is 1.